The van der Waals surface area contributed by atoms with Crippen LogP contribution in [-0.2, 0) is 4.79 Å². The summed E-state index contributed by atoms with van der Waals surface area (Å²) in [6.45, 7) is 8.88. The Balaban J connectivity index is 3.26. The van der Waals surface area contributed by atoms with Crippen molar-refractivity contribution in [2.45, 2.75) is 32.7 Å². The Kier molecular flexibility index (Phi) is 4.10. The third-order valence-corrected chi connectivity index (χ3v) is 1.11. The predicted octanol–water partition coefficient (Wildman–Crippen LogP) is 1.00. The van der Waals surface area contributed by atoms with Gasteiger partial charge in [-0.05, 0) is 13.3 Å². The van der Waals surface area contributed by atoms with Crippen molar-refractivity contribution in [1.29, 1.82) is 0 Å². The van der Waals surface area contributed by atoms with E-state index in [4.69, 9.17) is 6.92 Å². The fourth-order valence-corrected chi connectivity index (χ4v) is 0.748. The number of nitrogens with one attached hydrogen (secondary N) is 1. The number of carbonyl (C=O) groups excluding carboxylic acids is 1. The van der Waals surface area contributed by atoms with Crippen molar-refractivity contribution in [3.8, 4) is 0 Å². The zero-order chi connectivity index (χ0) is 7.28. The van der Waals surface area contributed by atoms with Crippen LogP contribution in [0.5, 0.6) is 0 Å². The van der Waals surface area contributed by atoms with Gasteiger partial charge in [0.1, 0.15) is 0 Å². The van der Waals surface area contributed by atoms with Gasteiger partial charge < -0.3 is 5.32 Å². The van der Waals surface area contributed by atoms with Crippen LogP contribution in [0.1, 0.15) is 26.7 Å². The summed E-state index contributed by atoms with van der Waals surface area (Å²) in [6, 6.07) is 0.215. The van der Waals surface area contributed by atoms with Gasteiger partial charge in [-0.25, -0.2) is 0 Å². The minimum Gasteiger partial charge on any atom is -0.353 e. The van der Waals surface area contributed by atoms with Crippen LogP contribution < -0.4 is 5.32 Å². The van der Waals surface area contributed by atoms with E-state index < -0.39 is 5.91 Å². The molecule has 52 valence electrons. The van der Waals surface area contributed by atoms with Gasteiger partial charge in [0.05, 0.1) is 6.92 Å². The zero-order valence-electron chi connectivity index (χ0n) is 5.98. The molecular formula is C7H13NO. The van der Waals surface area contributed by atoms with Crippen LogP contribution >= 0.6 is 0 Å². The van der Waals surface area contributed by atoms with Gasteiger partial charge in [0.15, 0.2) is 0 Å². The highest BCUT2D eigenvalue weighted by molar-refractivity contribution is 5.80. The Bertz CT molecular complexity index is 90.9. The lowest BCUT2D eigenvalue weighted by molar-refractivity contribution is -0.117. The van der Waals surface area contributed by atoms with E-state index in [-0.39, 0.29) is 6.04 Å². The third-order valence-electron chi connectivity index (χ3n) is 1.11. The van der Waals surface area contributed by atoms with E-state index in [0.29, 0.717) is 0 Å². The van der Waals surface area contributed by atoms with Crippen molar-refractivity contribution >= 4 is 5.91 Å². The predicted molar refractivity (Wildman–Crippen MR) is 36.8 cm³/mol. The maximum Gasteiger partial charge on any atom is 0.224 e. The monoisotopic (exact) mass is 127 g/mol. The molecule has 0 saturated carbocycles. The summed E-state index contributed by atoms with van der Waals surface area (Å²) in [6.07, 6.45) is 2.06. The molecule has 0 saturated heterocycles. The van der Waals surface area contributed by atoms with Crippen LogP contribution in [0, 0.1) is 6.92 Å². The topological polar surface area (TPSA) is 29.1 Å². The van der Waals surface area contributed by atoms with E-state index >= 15 is 0 Å². The van der Waals surface area contributed by atoms with Gasteiger partial charge in [0.2, 0.25) is 5.91 Å². The molecule has 1 atom stereocenters. The average Bonchev–Trinajstić information content (AvgIpc) is 1.63. The molecule has 0 fully saturated rings. The van der Waals surface area contributed by atoms with Gasteiger partial charge in [-0.1, -0.05) is 13.3 Å². The third kappa shape index (κ3) is 5.34. The molecule has 1 unspecified atom stereocenters. The highest BCUT2D eigenvalue weighted by atomic mass is 16.1. The van der Waals surface area contributed by atoms with Gasteiger partial charge in [-0.15, -0.1) is 0 Å². The number of amides is 1. The minimum atomic E-state index is -0.434. The lowest BCUT2D eigenvalue weighted by Crippen LogP contribution is -2.30. The Labute approximate surface area is 56.6 Å². The van der Waals surface area contributed by atoms with Crippen molar-refractivity contribution in [1.82, 2.24) is 5.32 Å². The fraction of sp³-hybridized carbons (Fsp3) is 0.714. The highest BCUT2D eigenvalue weighted by Crippen LogP contribution is 1.93. The normalized spacial score (nSPS) is 12.8. The van der Waals surface area contributed by atoms with Gasteiger partial charge in [-0.3, -0.25) is 4.79 Å². The smallest absolute Gasteiger partial charge is 0.224 e. The maximum absolute atomic E-state index is 10.2. The van der Waals surface area contributed by atoms with E-state index in [1.54, 1.807) is 0 Å². The van der Waals surface area contributed by atoms with E-state index in [9.17, 15) is 4.79 Å². The summed E-state index contributed by atoms with van der Waals surface area (Å²) >= 11 is 0. The van der Waals surface area contributed by atoms with E-state index in [1.165, 1.54) is 0 Å². The first-order valence-corrected chi connectivity index (χ1v) is 3.22. The van der Waals surface area contributed by atoms with E-state index in [0.717, 1.165) is 12.8 Å². The number of hydrogen-bond donors (Lipinski definition) is 1. The van der Waals surface area contributed by atoms with Crippen LogP contribution in [0.2, 0.25) is 0 Å². The first-order chi connectivity index (χ1) is 4.16. The largest absolute Gasteiger partial charge is 0.353 e. The molecule has 0 aliphatic carbocycles. The van der Waals surface area contributed by atoms with Crippen LogP contribution in [0.25, 0.3) is 0 Å². The zero-order valence-corrected chi connectivity index (χ0v) is 5.98. The molecule has 0 rings (SSSR count). The van der Waals surface area contributed by atoms with Crippen LogP contribution in [-0.4, -0.2) is 11.9 Å². The minimum absolute atomic E-state index is 0.215. The lowest BCUT2D eigenvalue weighted by Gasteiger charge is -2.09. The summed E-state index contributed by atoms with van der Waals surface area (Å²) in [7, 11) is 0. The molecule has 9 heavy (non-hydrogen) atoms. The Hall–Kier alpha value is -0.530. The lowest BCUT2D eigenvalue weighted by atomic mass is 10.2. The van der Waals surface area contributed by atoms with Crippen molar-refractivity contribution in [3.63, 3.8) is 0 Å². The molecule has 0 spiro atoms. The molecule has 0 aliphatic heterocycles. The SMILES string of the molecule is [CH]C(=O)NC(C)CCC. The summed E-state index contributed by atoms with van der Waals surface area (Å²) in [5.74, 6) is -0.434. The molecule has 0 aliphatic rings. The number of carbonyl (C=O) groups is 1. The van der Waals surface area contributed by atoms with Crippen LogP contribution in [0.3, 0.4) is 0 Å². The van der Waals surface area contributed by atoms with Crippen molar-refractivity contribution in [2.24, 2.45) is 0 Å². The highest BCUT2D eigenvalue weighted by Gasteiger charge is 1.99. The molecule has 0 heterocycles. The maximum atomic E-state index is 10.2. The molecule has 0 aromatic rings. The van der Waals surface area contributed by atoms with Crippen LogP contribution in [0.4, 0.5) is 0 Å². The Morgan fingerprint density at radius 1 is 1.78 bits per heavy atom. The molecule has 1 N–H and O–H groups in total. The van der Waals surface area contributed by atoms with Crippen molar-refractivity contribution in [2.75, 3.05) is 0 Å². The van der Waals surface area contributed by atoms with Gasteiger partial charge in [-0.2, -0.15) is 0 Å². The molecule has 2 radical (unpaired) electrons. The fourth-order valence-electron chi connectivity index (χ4n) is 0.748. The standard InChI is InChI=1S/C7H13NO/c1-4-5-6(2)8-7(3)9/h3,6H,4-5H2,1-2H3,(H,8,9). The molecule has 2 nitrogen and oxygen atoms in total. The van der Waals surface area contributed by atoms with E-state index in [2.05, 4.69) is 12.2 Å². The summed E-state index contributed by atoms with van der Waals surface area (Å²) < 4.78 is 0. The second kappa shape index (κ2) is 4.36. The number of hydrogen-bond acceptors (Lipinski definition) is 1. The average molecular weight is 127 g/mol. The second-order valence-corrected chi connectivity index (χ2v) is 2.20. The van der Waals surface area contributed by atoms with Crippen molar-refractivity contribution in [3.05, 3.63) is 6.92 Å². The van der Waals surface area contributed by atoms with Crippen molar-refractivity contribution < 1.29 is 4.79 Å². The van der Waals surface area contributed by atoms with Crippen LogP contribution in [0.15, 0.2) is 0 Å². The molecule has 0 aromatic carbocycles. The quantitative estimate of drug-likeness (QED) is 0.602. The first-order valence-electron chi connectivity index (χ1n) is 3.22. The van der Waals surface area contributed by atoms with Gasteiger partial charge in [0, 0.05) is 6.04 Å². The molecular weight excluding hydrogens is 114 g/mol. The molecule has 0 aromatic heterocycles. The Morgan fingerprint density at radius 3 is 2.67 bits per heavy atom. The molecule has 0 bridgehead atoms. The van der Waals surface area contributed by atoms with E-state index in [1.807, 2.05) is 6.92 Å². The summed E-state index contributed by atoms with van der Waals surface area (Å²) in [5.41, 5.74) is 0. The summed E-state index contributed by atoms with van der Waals surface area (Å²) in [4.78, 5) is 10.2. The first kappa shape index (κ1) is 8.47. The van der Waals surface area contributed by atoms with Gasteiger partial charge >= 0.3 is 0 Å². The van der Waals surface area contributed by atoms with Gasteiger partial charge in [0.25, 0.3) is 0 Å². The second-order valence-electron chi connectivity index (χ2n) is 2.20. The Morgan fingerprint density at radius 2 is 2.33 bits per heavy atom. The summed E-state index contributed by atoms with van der Waals surface area (Å²) in [5, 5.41) is 2.58. The molecule has 1 amide bonds. The molecule has 2 heteroatoms. The number of rotatable bonds is 3.